The van der Waals surface area contributed by atoms with Gasteiger partial charge in [0.15, 0.2) is 0 Å². The predicted molar refractivity (Wildman–Crippen MR) is 118 cm³/mol. The highest BCUT2D eigenvalue weighted by Crippen LogP contribution is 2.22. The van der Waals surface area contributed by atoms with Crippen molar-refractivity contribution in [3.8, 4) is 0 Å². The summed E-state index contributed by atoms with van der Waals surface area (Å²) in [4.78, 5) is 29.0. The van der Waals surface area contributed by atoms with E-state index >= 15 is 0 Å². The van der Waals surface area contributed by atoms with Gasteiger partial charge in [-0.2, -0.15) is 0 Å². The average molecular weight is 422 g/mol. The van der Waals surface area contributed by atoms with Crippen LogP contribution in [0.4, 0.5) is 5.69 Å². The molecule has 1 atom stereocenters. The molecule has 1 aromatic carbocycles. The van der Waals surface area contributed by atoms with E-state index in [4.69, 9.17) is 0 Å². The molecule has 9 nitrogen and oxygen atoms in total. The third-order valence-electron chi connectivity index (χ3n) is 4.92. The zero-order valence-corrected chi connectivity index (χ0v) is 17.9. The number of rotatable bonds is 9. The molecule has 0 bridgehead atoms. The van der Waals surface area contributed by atoms with Crippen molar-refractivity contribution >= 4 is 17.5 Å². The molecule has 0 aliphatic rings. The Morgan fingerprint density at radius 3 is 2.71 bits per heavy atom. The number of nitrogens with one attached hydrogen (secondary N) is 3. The summed E-state index contributed by atoms with van der Waals surface area (Å²) in [6.45, 7) is 3.27. The quantitative estimate of drug-likeness (QED) is 0.454. The van der Waals surface area contributed by atoms with Crippen LogP contribution in [0.25, 0.3) is 0 Å². The van der Waals surface area contributed by atoms with E-state index in [9.17, 15) is 9.59 Å². The van der Waals surface area contributed by atoms with Gasteiger partial charge in [-0.1, -0.05) is 19.1 Å². The maximum absolute atomic E-state index is 12.7. The number of amides is 2. The number of hydrogen-bond donors (Lipinski definition) is 3. The van der Waals surface area contributed by atoms with Gasteiger partial charge >= 0.3 is 0 Å². The number of carbonyl (C=O) groups excluding carboxylic acids is 2. The van der Waals surface area contributed by atoms with Crippen LogP contribution in [-0.2, 0) is 13.5 Å². The zero-order chi connectivity index (χ0) is 22.2. The first-order valence-corrected chi connectivity index (χ1v) is 10.1. The van der Waals surface area contributed by atoms with E-state index in [0.29, 0.717) is 24.3 Å². The Hall–Kier alpha value is -3.59. The molecule has 3 rings (SSSR count). The standard InChI is InChI=1S/C22H27N7O2/c1-15(11-20-28-26-14-29(20)3)16-5-4-6-18(12-16)27-22(31)19-13-17(7-8-24-19)21(30)25-10-9-23-2/h4-8,12-15,23H,9-11H2,1-3H3,(H,25,30)(H,27,31). The summed E-state index contributed by atoms with van der Waals surface area (Å²) in [6.07, 6.45) is 3.88. The van der Waals surface area contributed by atoms with Crippen molar-refractivity contribution in [1.29, 1.82) is 0 Å². The van der Waals surface area contributed by atoms with Gasteiger partial charge in [0, 0.05) is 44.0 Å². The fourth-order valence-corrected chi connectivity index (χ4v) is 3.10. The number of benzene rings is 1. The van der Waals surface area contributed by atoms with Gasteiger partial charge in [0.25, 0.3) is 11.8 Å². The van der Waals surface area contributed by atoms with Crippen molar-refractivity contribution in [3.63, 3.8) is 0 Å². The average Bonchev–Trinajstić information content (AvgIpc) is 3.18. The first kappa shape index (κ1) is 22.1. The molecule has 0 radical (unpaired) electrons. The normalized spacial score (nSPS) is 11.7. The van der Waals surface area contributed by atoms with E-state index in [0.717, 1.165) is 17.8 Å². The second-order valence-electron chi connectivity index (χ2n) is 7.33. The lowest BCUT2D eigenvalue weighted by atomic mass is 9.97. The molecule has 2 heterocycles. The smallest absolute Gasteiger partial charge is 0.274 e. The fraction of sp³-hybridized carbons (Fsp3) is 0.318. The Labute approximate surface area is 181 Å². The SMILES string of the molecule is CNCCNC(=O)c1ccnc(C(=O)Nc2cccc(C(C)Cc3nncn3C)c2)c1. The lowest BCUT2D eigenvalue weighted by molar-refractivity contribution is 0.0954. The second kappa shape index (κ2) is 10.4. The number of nitrogens with zero attached hydrogens (tertiary/aromatic N) is 4. The maximum atomic E-state index is 12.7. The third kappa shape index (κ3) is 5.95. The van der Waals surface area contributed by atoms with Crippen LogP contribution in [0.3, 0.4) is 0 Å². The Morgan fingerprint density at radius 2 is 1.97 bits per heavy atom. The Kier molecular flexibility index (Phi) is 7.45. The number of aryl methyl sites for hydroxylation is 1. The Morgan fingerprint density at radius 1 is 1.13 bits per heavy atom. The van der Waals surface area contributed by atoms with Gasteiger partial charge in [-0.15, -0.1) is 10.2 Å². The van der Waals surface area contributed by atoms with E-state index < -0.39 is 0 Å². The van der Waals surface area contributed by atoms with Crippen LogP contribution < -0.4 is 16.0 Å². The van der Waals surface area contributed by atoms with Crippen LogP contribution in [0, 0.1) is 0 Å². The van der Waals surface area contributed by atoms with Crippen LogP contribution >= 0.6 is 0 Å². The van der Waals surface area contributed by atoms with Gasteiger partial charge in [0.05, 0.1) is 0 Å². The van der Waals surface area contributed by atoms with E-state index in [1.54, 1.807) is 12.4 Å². The molecule has 31 heavy (non-hydrogen) atoms. The Balaban J connectivity index is 1.67. The van der Waals surface area contributed by atoms with Crippen LogP contribution in [0.15, 0.2) is 48.9 Å². The second-order valence-corrected chi connectivity index (χ2v) is 7.33. The summed E-state index contributed by atoms with van der Waals surface area (Å²) in [5.74, 6) is 0.479. The molecule has 0 aliphatic heterocycles. The number of likely N-dealkylation sites (N-methyl/N-ethyl adjacent to an activating group) is 1. The summed E-state index contributed by atoms with van der Waals surface area (Å²) in [5, 5.41) is 16.7. The lowest BCUT2D eigenvalue weighted by Crippen LogP contribution is -2.30. The summed E-state index contributed by atoms with van der Waals surface area (Å²) >= 11 is 0. The first-order chi connectivity index (χ1) is 15.0. The number of carbonyl (C=O) groups is 2. The van der Waals surface area contributed by atoms with Crippen molar-refractivity contribution < 1.29 is 9.59 Å². The Bertz CT molecular complexity index is 1050. The number of aromatic nitrogens is 4. The lowest BCUT2D eigenvalue weighted by Gasteiger charge is -2.13. The number of anilines is 1. The molecule has 0 fully saturated rings. The molecule has 0 saturated carbocycles. The van der Waals surface area contributed by atoms with Gasteiger partial charge in [-0.3, -0.25) is 14.6 Å². The summed E-state index contributed by atoms with van der Waals surface area (Å²) < 4.78 is 1.90. The molecule has 2 amide bonds. The van der Waals surface area contributed by atoms with Crippen LogP contribution in [-0.4, -0.2) is 51.7 Å². The molecule has 0 aliphatic carbocycles. The monoisotopic (exact) mass is 421 g/mol. The van der Waals surface area contributed by atoms with E-state index in [2.05, 4.69) is 38.1 Å². The molecule has 0 saturated heterocycles. The third-order valence-corrected chi connectivity index (χ3v) is 4.92. The van der Waals surface area contributed by atoms with E-state index in [1.165, 1.54) is 12.3 Å². The minimum Gasteiger partial charge on any atom is -0.351 e. The van der Waals surface area contributed by atoms with Gasteiger partial charge in [-0.25, -0.2) is 0 Å². The fourth-order valence-electron chi connectivity index (χ4n) is 3.10. The molecule has 2 aromatic heterocycles. The highest BCUT2D eigenvalue weighted by atomic mass is 16.2. The van der Waals surface area contributed by atoms with Gasteiger partial charge < -0.3 is 20.5 Å². The van der Waals surface area contributed by atoms with Crippen molar-refractivity contribution in [2.75, 3.05) is 25.5 Å². The molecule has 162 valence electrons. The first-order valence-electron chi connectivity index (χ1n) is 10.1. The predicted octanol–water partition coefficient (Wildman–Crippen LogP) is 1.76. The molecule has 0 spiro atoms. The summed E-state index contributed by atoms with van der Waals surface area (Å²) in [6, 6.07) is 10.8. The molecular formula is C22H27N7O2. The molecule has 1 unspecified atom stereocenters. The highest BCUT2D eigenvalue weighted by molar-refractivity contribution is 6.04. The molecular weight excluding hydrogens is 394 g/mol. The minimum absolute atomic E-state index is 0.179. The summed E-state index contributed by atoms with van der Waals surface area (Å²) in [7, 11) is 3.73. The van der Waals surface area contributed by atoms with Crippen molar-refractivity contribution in [3.05, 3.63) is 71.6 Å². The summed E-state index contributed by atoms with van der Waals surface area (Å²) in [5.41, 5.74) is 2.31. The largest absolute Gasteiger partial charge is 0.351 e. The van der Waals surface area contributed by atoms with Gasteiger partial charge in [-0.05, 0) is 42.8 Å². The van der Waals surface area contributed by atoms with Crippen molar-refractivity contribution in [2.24, 2.45) is 7.05 Å². The van der Waals surface area contributed by atoms with Gasteiger partial charge in [0.2, 0.25) is 0 Å². The van der Waals surface area contributed by atoms with E-state index in [1.807, 2.05) is 42.9 Å². The number of hydrogen-bond acceptors (Lipinski definition) is 6. The zero-order valence-electron chi connectivity index (χ0n) is 17.9. The van der Waals surface area contributed by atoms with Gasteiger partial charge in [0.1, 0.15) is 17.8 Å². The van der Waals surface area contributed by atoms with Crippen LogP contribution in [0.2, 0.25) is 0 Å². The minimum atomic E-state index is -0.372. The molecule has 9 heteroatoms. The molecule has 3 aromatic rings. The van der Waals surface area contributed by atoms with Crippen LogP contribution in [0.1, 0.15) is 45.1 Å². The highest BCUT2D eigenvalue weighted by Gasteiger charge is 2.14. The van der Waals surface area contributed by atoms with Crippen molar-refractivity contribution in [1.82, 2.24) is 30.4 Å². The van der Waals surface area contributed by atoms with Crippen molar-refractivity contribution in [2.45, 2.75) is 19.3 Å². The van der Waals surface area contributed by atoms with E-state index in [-0.39, 0.29) is 23.4 Å². The molecule has 3 N–H and O–H groups in total. The van der Waals surface area contributed by atoms with Crippen LogP contribution in [0.5, 0.6) is 0 Å². The topological polar surface area (TPSA) is 114 Å². The maximum Gasteiger partial charge on any atom is 0.274 e. The number of pyridine rings is 1.